The second-order valence-electron chi connectivity index (χ2n) is 2.31. The van der Waals surface area contributed by atoms with Crippen molar-refractivity contribution < 1.29 is 4.42 Å². The Morgan fingerprint density at radius 2 is 2.55 bits per heavy atom. The van der Waals surface area contributed by atoms with E-state index in [1.165, 1.54) is 6.26 Å². The number of aryl methyl sites for hydroxylation is 1. The normalized spacial score (nSPS) is 12.5. The Hall–Kier alpha value is -1.27. The first-order valence-electron chi connectivity index (χ1n) is 3.50. The first kappa shape index (κ1) is 7.83. The molecular weight excluding hydrogens is 140 g/mol. The van der Waals surface area contributed by atoms with E-state index in [1.54, 1.807) is 0 Å². The van der Waals surface area contributed by atoms with Gasteiger partial charge in [0.1, 0.15) is 11.8 Å². The Morgan fingerprint density at radius 3 is 3.00 bits per heavy atom. The Morgan fingerprint density at radius 1 is 1.82 bits per heavy atom. The Bertz CT molecular complexity index is 272. The summed E-state index contributed by atoms with van der Waals surface area (Å²) in [4.78, 5) is 0. The molecule has 0 aliphatic heterocycles. The summed E-state index contributed by atoms with van der Waals surface area (Å²) in [7, 11) is 0. The minimum Gasteiger partial charge on any atom is -0.469 e. The van der Waals surface area contributed by atoms with Crippen molar-refractivity contribution in [3.63, 3.8) is 0 Å². The minimum absolute atomic E-state index is 0.556. The van der Waals surface area contributed by atoms with Crippen LogP contribution in [0.3, 0.4) is 0 Å². The van der Waals surface area contributed by atoms with Crippen molar-refractivity contribution in [2.75, 3.05) is 0 Å². The number of hydrogen-bond acceptors (Lipinski definition) is 3. The molecule has 0 aromatic carbocycles. The molecule has 0 radical (unpaired) electrons. The monoisotopic (exact) mass is 150 g/mol. The molecule has 0 bridgehead atoms. The van der Waals surface area contributed by atoms with Gasteiger partial charge in [-0.25, -0.2) is 0 Å². The molecule has 1 atom stereocenters. The summed E-state index contributed by atoms with van der Waals surface area (Å²) in [6.07, 6.45) is 2.37. The third kappa shape index (κ3) is 1.60. The van der Waals surface area contributed by atoms with Gasteiger partial charge in [-0.2, -0.15) is 5.26 Å². The lowest BCUT2D eigenvalue weighted by Gasteiger charge is -1.92. The van der Waals surface area contributed by atoms with Gasteiger partial charge in [0.2, 0.25) is 0 Å². The second-order valence-corrected chi connectivity index (χ2v) is 2.31. The Labute approximate surface area is 65.4 Å². The zero-order chi connectivity index (χ0) is 8.27. The van der Waals surface area contributed by atoms with Crippen molar-refractivity contribution in [2.24, 2.45) is 5.73 Å². The standard InChI is InChI=1S/C8H10N2O/c1-2-7-3-6(5-11-7)8(10)4-9/h3,5,8H,2,10H2,1H3. The lowest BCUT2D eigenvalue weighted by atomic mass is 10.2. The van der Waals surface area contributed by atoms with Crippen LogP contribution in [0.15, 0.2) is 16.7 Å². The third-order valence-electron chi connectivity index (χ3n) is 1.52. The zero-order valence-corrected chi connectivity index (χ0v) is 6.37. The fourth-order valence-electron chi connectivity index (χ4n) is 0.821. The second kappa shape index (κ2) is 3.22. The molecule has 0 aliphatic rings. The first-order chi connectivity index (χ1) is 5.27. The number of hydrogen-bond donors (Lipinski definition) is 1. The predicted octanol–water partition coefficient (Wildman–Crippen LogP) is 1.37. The van der Waals surface area contributed by atoms with Gasteiger partial charge < -0.3 is 10.2 Å². The molecule has 0 saturated heterocycles. The highest BCUT2D eigenvalue weighted by atomic mass is 16.3. The van der Waals surface area contributed by atoms with Crippen LogP contribution in [0.5, 0.6) is 0 Å². The van der Waals surface area contributed by atoms with Gasteiger partial charge in [0.15, 0.2) is 0 Å². The topological polar surface area (TPSA) is 63.0 Å². The summed E-state index contributed by atoms with van der Waals surface area (Å²) in [5.41, 5.74) is 6.20. The molecule has 0 fully saturated rings. The molecule has 1 aromatic rings. The maximum atomic E-state index is 8.45. The van der Waals surface area contributed by atoms with E-state index >= 15 is 0 Å². The van der Waals surface area contributed by atoms with Gasteiger partial charge >= 0.3 is 0 Å². The number of furan rings is 1. The quantitative estimate of drug-likeness (QED) is 0.692. The van der Waals surface area contributed by atoms with Gasteiger partial charge in [0.05, 0.1) is 12.3 Å². The van der Waals surface area contributed by atoms with Crippen molar-refractivity contribution in [3.8, 4) is 6.07 Å². The molecule has 3 heteroatoms. The van der Waals surface area contributed by atoms with E-state index in [4.69, 9.17) is 15.4 Å². The molecule has 1 unspecified atom stereocenters. The fraction of sp³-hybridized carbons (Fsp3) is 0.375. The molecule has 0 aliphatic carbocycles. The Kier molecular flexibility index (Phi) is 2.29. The van der Waals surface area contributed by atoms with E-state index in [2.05, 4.69) is 0 Å². The number of rotatable bonds is 2. The van der Waals surface area contributed by atoms with Crippen LogP contribution in [0.4, 0.5) is 0 Å². The largest absolute Gasteiger partial charge is 0.469 e. The highest BCUT2D eigenvalue weighted by Gasteiger charge is 2.06. The summed E-state index contributed by atoms with van der Waals surface area (Å²) in [6, 6.07) is 3.19. The van der Waals surface area contributed by atoms with E-state index < -0.39 is 6.04 Å². The summed E-state index contributed by atoms with van der Waals surface area (Å²) in [5.74, 6) is 0.866. The highest BCUT2D eigenvalue weighted by molar-refractivity contribution is 5.21. The SMILES string of the molecule is CCc1cc(C(N)C#N)co1. The van der Waals surface area contributed by atoms with Gasteiger partial charge in [0, 0.05) is 12.0 Å². The van der Waals surface area contributed by atoms with Crippen LogP contribution in [-0.4, -0.2) is 0 Å². The van der Waals surface area contributed by atoms with Gasteiger partial charge in [-0.15, -0.1) is 0 Å². The molecule has 11 heavy (non-hydrogen) atoms. The summed E-state index contributed by atoms with van der Waals surface area (Å²) in [5, 5.41) is 8.45. The molecule has 58 valence electrons. The zero-order valence-electron chi connectivity index (χ0n) is 6.37. The summed E-state index contributed by atoms with van der Waals surface area (Å²) in [6.45, 7) is 1.99. The average molecular weight is 150 g/mol. The number of nitrogens with two attached hydrogens (primary N) is 1. The lowest BCUT2D eigenvalue weighted by Crippen LogP contribution is -2.05. The maximum absolute atomic E-state index is 8.45. The molecule has 0 saturated carbocycles. The molecule has 0 spiro atoms. The van der Waals surface area contributed by atoms with Crippen molar-refractivity contribution in [1.82, 2.24) is 0 Å². The van der Waals surface area contributed by atoms with E-state index in [0.29, 0.717) is 0 Å². The van der Waals surface area contributed by atoms with E-state index in [-0.39, 0.29) is 0 Å². The fourth-order valence-corrected chi connectivity index (χ4v) is 0.821. The third-order valence-corrected chi connectivity index (χ3v) is 1.52. The first-order valence-corrected chi connectivity index (χ1v) is 3.50. The maximum Gasteiger partial charge on any atom is 0.121 e. The van der Waals surface area contributed by atoms with Crippen LogP contribution in [-0.2, 0) is 6.42 Å². The Balaban J connectivity index is 2.82. The van der Waals surface area contributed by atoms with Gasteiger partial charge in [0.25, 0.3) is 0 Å². The van der Waals surface area contributed by atoms with Crippen LogP contribution in [0.1, 0.15) is 24.3 Å². The smallest absolute Gasteiger partial charge is 0.121 e. The van der Waals surface area contributed by atoms with Crippen LogP contribution >= 0.6 is 0 Å². The summed E-state index contributed by atoms with van der Waals surface area (Å²) >= 11 is 0. The van der Waals surface area contributed by atoms with E-state index in [9.17, 15) is 0 Å². The number of nitriles is 1. The minimum atomic E-state index is -0.556. The number of nitrogens with zero attached hydrogens (tertiary/aromatic N) is 1. The van der Waals surface area contributed by atoms with Crippen LogP contribution in [0.2, 0.25) is 0 Å². The van der Waals surface area contributed by atoms with Crippen LogP contribution < -0.4 is 5.73 Å². The molecule has 1 aromatic heterocycles. The lowest BCUT2D eigenvalue weighted by molar-refractivity contribution is 0.513. The van der Waals surface area contributed by atoms with Crippen LogP contribution in [0, 0.1) is 11.3 Å². The van der Waals surface area contributed by atoms with Crippen molar-refractivity contribution in [3.05, 3.63) is 23.7 Å². The van der Waals surface area contributed by atoms with E-state index in [1.807, 2.05) is 19.1 Å². The summed E-state index contributed by atoms with van der Waals surface area (Å²) < 4.78 is 5.11. The van der Waals surface area contributed by atoms with Crippen molar-refractivity contribution in [1.29, 1.82) is 5.26 Å². The molecule has 0 amide bonds. The molecular formula is C8H10N2O. The van der Waals surface area contributed by atoms with Gasteiger partial charge in [-0.1, -0.05) is 6.92 Å². The van der Waals surface area contributed by atoms with Gasteiger partial charge in [-0.3, -0.25) is 0 Å². The molecule has 3 nitrogen and oxygen atoms in total. The van der Waals surface area contributed by atoms with Crippen molar-refractivity contribution in [2.45, 2.75) is 19.4 Å². The predicted molar refractivity (Wildman–Crippen MR) is 40.6 cm³/mol. The highest BCUT2D eigenvalue weighted by Crippen LogP contribution is 2.13. The average Bonchev–Trinajstić information content (AvgIpc) is 2.50. The molecule has 1 rings (SSSR count). The van der Waals surface area contributed by atoms with Crippen LogP contribution in [0.25, 0.3) is 0 Å². The van der Waals surface area contributed by atoms with Gasteiger partial charge in [-0.05, 0) is 6.07 Å². The van der Waals surface area contributed by atoms with E-state index in [0.717, 1.165) is 17.7 Å². The molecule has 2 N–H and O–H groups in total. The molecule has 1 heterocycles. The van der Waals surface area contributed by atoms with Crippen molar-refractivity contribution >= 4 is 0 Å².